The van der Waals surface area contributed by atoms with Crippen LogP contribution >= 0.6 is 11.8 Å². The number of thioether (sulfide) groups is 1. The summed E-state index contributed by atoms with van der Waals surface area (Å²) in [6, 6.07) is 0. The van der Waals surface area contributed by atoms with E-state index in [1.54, 1.807) is 0 Å². The number of ketones is 1. The maximum absolute atomic E-state index is 11.2. The van der Waals surface area contributed by atoms with Crippen molar-refractivity contribution in [3.05, 3.63) is 12.7 Å². The molecule has 0 aromatic carbocycles. The molecule has 14 heavy (non-hydrogen) atoms. The molecule has 0 radical (unpaired) electrons. The molecule has 2 heteroatoms. The summed E-state index contributed by atoms with van der Waals surface area (Å²) in [7, 11) is 0. The Morgan fingerprint density at radius 3 is 2.57 bits per heavy atom. The summed E-state index contributed by atoms with van der Waals surface area (Å²) in [4.78, 5) is 11.2. The summed E-state index contributed by atoms with van der Waals surface area (Å²) < 4.78 is 0.254. The minimum Gasteiger partial charge on any atom is -0.300 e. The molecule has 0 saturated heterocycles. The predicted molar refractivity (Wildman–Crippen MR) is 63.7 cm³/mol. The van der Waals surface area contributed by atoms with E-state index in [9.17, 15) is 4.79 Å². The Kier molecular flexibility index (Phi) is 3.82. The van der Waals surface area contributed by atoms with Crippen molar-refractivity contribution in [2.45, 2.75) is 50.0 Å². The second-order valence-corrected chi connectivity index (χ2v) is 6.98. The lowest BCUT2D eigenvalue weighted by Crippen LogP contribution is -2.20. The van der Waals surface area contributed by atoms with Crippen LogP contribution in [-0.4, -0.2) is 15.8 Å². The van der Waals surface area contributed by atoms with Gasteiger partial charge in [0.1, 0.15) is 5.78 Å². The van der Waals surface area contributed by atoms with Crippen LogP contribution < -0.4 is 0 Å². The molecule has 0 N–H and O–H groups in total. The van der Waals surface area contributed by atoms with E-state index in [0.717, 1.165) is 19.3 Å². The van der Waals surface area contributed by atoms with Crippen LogP contribution in [0.25, 0.3) is 0 Å². The molecule has 0 bridgehead atoms. The normalized spacial score (nSPS) is 25.1. The average molecular weight is 212 g/mol. The van der Waals surface area contributed by atoms with Crippen LogP contribution in [0.4, 0.5) is 0 Å². The monoisotopic (exact) mass is 212 g/mol. The van der Waals surface area contributed by atoms with Gasteiger partial charge in [0.25, 0.3) is 0 Å². The summed E-state index contributed by atoms with van der Waals surface area (Å²) in [6.45, 7) is 10.5. The molecule has 1 saturated carbocycles. The lowest BCUT2D eigenvalue weighted by atomic mass is 10.0. The molecular weight excluding hydrogens is 192 g/mol. The summed E-state index contributed by atoms with van der Waals surface area (Å²) in [5.41, 5.74) is 0. The average Bonchev–Trinajstić information content (AvgIpc) is 2.46. The van der Waals surface area contributed by atoms with Gasteiger partial charge in [-0.25, -0.2) is 0 Å². The first-order valence-electron chi connectivity index (χ1n) is 5.24. The first kappa shape index (κ1) is 11.8. The topological polar surface area (TPSA) is 17.1 Å². The first-order valence-corrected chi connectivity index (χ1v) is 6.12. The number of carbonyl (C=O) groups excluding carboxylic acids is 1. The van der Waals surface area contributed by atoms with Crippen LogP contribution in [-0.2, 0) is 4.79 Å². The molecule has 0 amide bonds. The van der Waals surface area contributed by atoms with Crippen molar-refractivity contribution in [3.8, 4) is 0 Å². The molecule has 0 aromatic heterocycles. The zero-order chi connectivity index (χ0) is 10.8. The van der Waals surface area contributed by atoms with Crippen LogP contribution in [0.5, 0.6) is 0 Å². The molecule has 2 atom stereocenters. The smallest absolute Gasteiger partial charge is 0.133 e. The molecule has 0 heterocycles. The Bertz CT molecular complexity index is 227. The van der Waals surface area contributed by atoms with Gasteiger partial charge >= 0.3 is 0 Å². The van der Waals surface area contributed by atoms with E-state index in [1.165, 1.54) is 0 Å². The highest BCUT2D eigenvalue weighted by Crippen LogP contribution is 2.38. The SMILES string of the molecule is C=CC(SC(C)(C)C)C1CCC(=O)C1. The van der Waals surface area contributed by atoms with Crippen molar-refractivity contribution in [3.63, 3.8) is 0 Å². The standard InChI is InChI=1S/C12H20OS/c1-5-11(14-12(2,3)4)9-6-7-10(13)8-9/h5,9,11H,1,6-8H2,2-4H3. The fraction of sp³-hybridized carbons (Fsp3) is 0.750. The van der Waals surface area contributed by atoms with Crippen LogP contribution in [0.3, 0.4) is 0 Å². The Balaban J connectivity index is 2.54. The number of hydrogen-bond acceptors (Lipinski definition) is 2. The van der Waals surface area contributed by atoms with Gasteiger partial charge in [-0.3, -0.25) is 4.79 Å². The highest BCUT2D eigenvalue weighted by atomic mass is 32.2. The molecule has 1 rings (SSSR count). The summed E-state index contributed by atoms with van der Waals surface area (Å²) in [6.07, 6.45) is 4.61. The van der Waals surface area contributed by atoms with E-state index < -0.39 is 0 Å². The Morgan fingerprint density at radius 2 is 2.21 bits per heavy atom. The zero-order valence-corrected chi connectivity index (χ0v) is 10.2. The van der Waals surface area contributed by atoms with Gasteiger partial charge < -0.3 is 0 Å². The van der Waals surface area contributed by atoms with E-state index in [0.29, 0.717) is 17.0 Å². The van der Waals surface area contributed by atoms with Crippen LogP contribution in [0.2, 0.25) is 0 Å². The number of carbonyl (C=O) groups is 1. The third-order valence-electron chi connectivity index (χ3n) is 2.47. The molecule has 0 spiro atoms. The van der Waals surface area contributed by atoms with Gasteiger partial charge in [-0.05, 0) is 12.3 Å². The Hall–Kier alpha value is -0.240. The molecule has 0 aromatic rings. The van der Waals surface area contributed by atoms with Gasteiger partial charge in [0.05, 0.1) is 0 Å². The third-order valence-corrected chi connectivity index (χ3v) is 4.03. The van der Waals surface area contributed by atoms with Crippen molar-refractivity contribution in [1.29, 1.82) is 0 Å². The fourth-order valence-corrected chi connectivity index (χ4v) is 3.21. The minimum atomic E-state index is 0.254. The largest absolute Gasteiger partial charge is 0.300 e. The van der Waals surface area contributed by atoms with Gasteiger partial charge in [0.2, 0.25) is 0 Å². The van der Waals surface area contributed by atoms with Crippen molar-refractivity contribution in [1.82, 2.24) is 0 Å². The van der Waals surface area contributed by atoms with Gasteiger partial charge in [0.15, 0.2) is 0 Å². The lowest BCUT2D eigenvalue weighted by Gasteiger charge is -2.27. The molecule has 1 nitrogen and oxygen atoms in total. The molecule has 0 aliphatic heterocycles. The first-order chi connectivity index (χ1) is 6.42. The molecule has 1 aliphatic rings. The van der Waals surface area contributed by atoms with Crippen molar-refractivity contribution < 1.29 is 4.79 Å². The summed E-state index contributed by atoms with van der Waals surface area (Å²) in [5, 5.41) is 0.446. The van der Waals surface area contributed by atoms with Gasteiger partial charge in [0, 0.05) is 22.8 Å². The zero-order valence-electron chi connectivity index (χ0n) is 9.38. The fourth-order valence-electron chi connectivity index (χ4n) is 1.87. The molecule has 2 unspecified atom stereocenters. The van der Waals surface area contributed by atoms with E-state index in [1.807, 2.05) is 17.8 Å². The van der Waals surface area contributed by atoms with E-state index in [-0.39, 0.29) is 4.75 Å². The summed E-state index contributed by atoms with van der Waals surface area (Å²) >= 11 is 1.93. The molecule has 1 aliphatic carbocycles. The van der Waals surface area contributed by atoms with E-state index >= 15 is 0 Å². The van der Waals surface area contributed by atoms with Crippen LogP contribution in [0, 0.1) is 5.92 Å². The van der Waals surface area contributed by atoms with E-state index in [2.05, 4.69) is 27.4 Å². The Morgan fingerprint density at radius 1 is 1.57 bits per heavy atom. The van der Waals surface area contributed by atoms with Gasteiger partial charge in [-0.1, -0.05) is 26.8 Å². The highest BCUT2D eigenvalue weighted by molar-refractivity contribution is 8.01. The lowest BCUT2D eigenvalue weighted by molar-refractivity contribution is -0.117. The van der Waals surface area contributed by atoms with Gasteiger partial charge in [-0.2, -0.15) is 0 Å². The Labute approximate surface area is 91.3 Å². The third kappa shape index (κ3) is 3.49. The maximum atomic E-state index is 11.2. The van der Waals surface area contributed by atoms with Crippen LogP contribution in [0.15, 0.2) is 12.7 Å². The highest BCUT2D eigenvalue weighted by Gasteiger charge is 2.30. The maximum Gasteiger partial charge on any atom is 0.133 e. The predicted octanol–water partition coefficient (Wildman–Crippen LogP) is 3.44. The number of rotatable bonds is 3. The molecule has 1 fully saturated rings. The van der Waals surface area contributed by atoms with Crippen LogP contribution in [0.1, 0.15) is 40.0 Å². The molecule has 80 valence electrons. The second kappa shape index (κ2) is 4.52. The van der Waals surface area contributed by atoms with Crippen molar-refractivity contribution >= 4 is 17.5 Å². The van der Waals surface area contributed by atoms with Crippen molar-refractivity contribution in [2.75, 3.05) is 0 Å². The second-order valence-electron chi connectivity index (χ2n) is 4.97. The summed E-state index contributed by atoms with van der Waals surface area (Å²) in [5.74, 6) is 0.959. The number of hydrogen-bond donors (Lipinski definition) is 0. The van der Waals surface area contributed by atoms with Crippen molar-refractivity contribution in [2.24, 2.45) is 5.92 Å². The quantitative estimate of drug-likeness (QED) is 0.667. The molecular formula is C12H20OS. The van der Waals surface area contributed by atoms with Gasteiger partial charge in [-0.15, -0.1) is 18.3 Å². The minimum absolute atomic E-state index is 0.254. The van der Waals surface area contributed by atoms with E-state index in [4.69, 9.17) is 0 Å². The number of Topliss-reactive ketones (excluding diaryl/α,β-unsaturated/α-hetero) is 1.